The van der Waals surface area contributed by atoms with Crippen molar-refractivity contribution in [2.24, 2.45) is 0 Å². The molecule has 4 rings (SSSR count). The summed E-state index contributed by atoms with van der Waals surface area (Å²) >= 11 is 0. The number of amides is 1. The molecule has 1 fully saturated rings. The molecular formula is C19H16F2N4O2. The first-order valence-electron chi connectivity index (χ1n) is 8.61. The molecule has 0 aliphatic carbocycles. The smallest absolute Gasteiger partial charge is 0.258 e. The van der Waals surface area contributed by atoms with Gasteiger partial charge in [-0.3, -0.25) is 4.79 Å². The van der Waals surface area contributed by atoms with Crippen LogP contribution >= 0.6 is 0 Å². The van der Waals surface area contributed by atoms with Crippen molar-refractivity contribution < 1.29 is 18.1 Å². The van der Waals surface area contributed by atoms with Gasteiger partial charge in [-0.25, -0.2) is 9.37 Å². The Bertz CT molecular complexity index is 958. The van der Waals surface area contributed by atoms with E-state index < -0.39 is 11.9 Å². The molecule has 0 saturated carbocycles. The number of aromatic nitrogens is 3. The maximum Gasteiger partial charge on any atom is 0.258 e. The van der Waals surface area contributed by atoms with E-state index in [-0.39, 0.29) is 17.3 Å². The van der Waals surface area contributed by atoms with Gasteiger partial charge in [-0.2, -0.15) is 9.37 Å². The molecule has 1 unspecified atom stereocenters. The summed E-state index contributed by atoms with van der Waals surface area (Å²) in [5, 5.41) is 3.95. The Hall–Kier alpha value is -3.16. The van der Waals surface area contributed by atoms with E-state index in [0.29, 0.717) is 30.4 Å². The highest BCUT2D eigenvalue weighted by molar-refractivity contribution is 5.94. The van der Waals surface area contributed by atoms with Gasteiger partial charge in [0.1, 0.15) is 5.82 Å². The minimum absolute atomic E-state index is 0.0457. The van der Waals surface area contributed by atoms with Gasteiger partial charge in [0.15, 0.2) is 0 Å². The van der Waals surface area contributed by atoms with Crippen molar-refractivity contribution >= 4 is 5.91 Å². The Morgan fingerprint density at radius 2 is 2.00 bits per heavy atom. The zero-order valence-corrected chi connectivity index (χ0v) is 14.3. The standard InChI is InChI=1S/C19H16F2N4O2/c20-14-7-5-12(6-8-14)17-23-18(27-24-17)13-3-2-10-25(11-13)19(26)15-4-1-9-22-16(15)21/h1,4-9,13H,2-3,10-11H2. The van der Waals surface area contributed by atoms with Crippen LogP contribution in [0.3, 0.4) is 0 Å². The fraction of sp³-hybridized carbons (Fsp3) is 0.263. The first-order chi connectivity index (χ1) is 13.1. The second kappa shape index (κ2) is 7.22. The van der Waals surface area contributed by atoms with E-state index in [9.17, 15) is 13.6 Å². The van der Waals surface area contributed by atoms with Crippen molar-refractivity contribution in [3.05, 3.63) is 65.8 Å². The van der Waals surface area contributed by atoms with Crippen LogP contribution in [0, 0.1) is 11.8 Å². The van der Waals surface area contributed by atoms with Gasteiger partial charge in [0, 0.05) is 24.8 Å². The lowest BCUT2D eigenvalue weighted by atomic mass is 9.97. The molecule has 27 heavy (non-hydrogen) atoms. The number of rotatable bonds is 3. The van der Waals surface area contributed by atoms with Crippen LogP contribution in [0.1, 0.15) is 35.0 Å². The summed E-state index contributed by atoms with van der Waals surface area (Å²) in [6.07, 6.45) is 2.83. The maximum atomic E-state index is 13.8. The molecule has 1 aromatic carbocycles. The van der Waals surface area contributed by atoms with Gasteiger partial charge in [-0.1, -0.05) is 5.16 Å². The van der Waals surface area contributed by atoms with E-state index in [2.05, 4.69) is 15.1 Å². The molecule has 8 heteroatoms. The summed E-state index contributed by atoms with van der Waals surface area (Å²) in [6, 6.07) is 8.76. The molecular weight excluding hydrogens is 354 g/mol. The van der Waals surface area contributed by atoms with Crippen molar-refractivity contribution in [3.8, 4) is 11.4 Å². The molecule has 0 radical (unpaired) electrons. The number of halogens is 2. The van der Waals surface area contributed by atoms with Gasteiger partial charge >= 0.3 is 0 Å². The highest BCUT2D eigenvalue weighted by atomic mass is 19.1. The van der Waals surface area contributed by atoms with Crippen LogP contribution in [0.2, 0.25) is 0 Å². The third-order valence-corrected chi connectivity index (χ3v) is 4.59. The summed E-state index contributed by atoms with van der Waals surface area (Å²) in [4.78, 5) is 22.1. The average molecular weight is 370 g/mol. The van der Waals surface area contributed by atoms with Crippen molar-refractivity contribution in [2.75, 3.05) is 13.1 Å². The minimum atomic E-state index is -0.777. The van der Waals surface area contributed by atoms with Crippen LogP contribution in [-0.4, -0.2) is 39.0 Å². The molecule has 1 saturated heterocycles. The van der Waals surface area contributed by atoms with Gasteiger partial charge in [-0.15, -0.1) is 0 Å². The Morgan fingerprint density at radius 3 is 2.78 bits per heavy atom. The van der Waals surface area contributed by atoms with Crippen LogP contribution in [0.25, 0.3) is 11.4 Å². The van der Waals surface area contributed by atoms with E-state index in [1.165, 1.54) is 30.5 Å². The largest absolute Gasteiger partial charge is 0.339 e. The number of piperidine rings is 1. The van der Waals surface area contributed by atoms with Crippen LogP contribution in [0.5, 0.6) is 0 Å². The van der Waals surface area contributed by atoms with Crippen molar-refractivity contribution in [2.45, 2.75) is 18.8 Å². The lowest BCUT2D eigenvalue weighted by Gasteiger charge is -2.31. The van der Waals surface area contributed by atoms with Crippen LogP contribution in [-0.2, 0) is 0 Å². The summed E-state index contributed by atoms with van der Waals surface area (Å²) in [7, 11) is 0. The molecule has 1 aliphatic heterocycles. The molecule has 6 nitrogen and oxygen atoms in total. The molecule has 138 valence electrons. The predicted molar refractivity (Wildman–Crippen MR) is 91.8 cm³/mol. The first-order valence-corrected chi connectivity index (χ1v) is 8.61. The van der Waals surface area contributed by atoms with Crippen LogP contribution in [0.4, 0.5) is 8.78 Å². The SMILES string of the molecule is O=C(c1cccnc1F)N1CCCC(c2nc(-c3ccc(F)cc3)no2)C1. The summed E-state index contributed by atoms with van der Waals surface area (Å²) in [6.45, 7) is 0.890. The normalized spacial score (nSPS) is 17.1. The number of carbonyl (C=O) groups is 1. The van der Waals surface area contributed by atoms with Gasteiger partial charge in [0.25, 0.3) is 5.91 Å². The summed E-state index contributed by atoms with van der Waals surface area (Å²) < 4.78 is 32.2. The zero-order valence-electron chi connectivity index (χ0n) is 14.3. The van der Waals surface area contributed by atoms with Crippen molar-refractivity contribution in [1.29, 1.82) is 0 Å². The highest BCUT2D eigenvalue weighted by Gasteiger charge is 2.30. The van der Waals surface area contributed by atoms with E-state index in [0.717, 1.165) is 12.8 Å². The van der Waals surface area contributed by atoms with E-state index in [1.807, 2.05) is 0 Å². The van der Waals surface area contributed by atoms with Gasteiger partial charge in [0.2, 0.25) is 17.7 Å². The minimum Gasteiger partial charge on any atom is -0.339 e. The third kappa shape index (κ3) is 3.55. The Kier molecular flexibility index (Phi) is 4.62. The molecule has 3 heterocycles. The second-order valence-electron chi connectivity index (χ2n) is 6.40. The van der Waals surface area contributed by atoms with Crippen molar-refractivity contribution in [1.82, 2.24) is 20.0 Å². The number of benzene rings is 1. The summed E-state index contributed by atoms with van der Waals surface area (Å²) in [5.41, 5.74) is 0.600. The van der Waals surface area contributed by atoms with Gasteiger partial charge in [0.05, 0.1) is 11.5 Å². The third-order valence-electron chi connectivity index (χ3n) is 4.59. The molecule has 1 amide bonds. The Labute approximate surface area is 153 Å². The predicted octanol–water partition coefficient (Wildman–Crippen LogP) is 3.43. The monoisotopic (exact) mass is 370 g/mol. The van der Waals surface area contributed by atoms with Crippen molar-refractivity contribution in [3.63, 3.8) is 0 Å². The molecule has 1 aliphatic rings. The van der Waals surface area contributed by atoms with Crippen LogP contribution < -0.4 is 0 Å². The Balaban J connectivity index is 1.51. The maximum absolute atomic E-state index is 13.8. The Morgan fingerprint density at radius 1 is 1.19 bits per heavy atom. The zero-order chi connectivity index (χ0) is 18.8. The van der Waals surface area contributed by atoms with Crippen LogP contribution in [0.15, 0.2) is 47.1 Å². The number of likely N-dealkylation sites (tertiary alicyclic amines) is 1. The molecule has 0 bridgehead atoms. The first kappa shape index (κ1) is 17.3. The molecule has 0 N–H and O–H groups in total. The average Bonchev–Trinajstić information content (AvgIpc) is 3.19. The quantitative estimate of drug-likeness (QED) is 0.661. The lowest BCUT2D eigenvalue weighted by Crippen LogP contribution is -2.39. The second-order valence-corrected chi connectivity index (χ2v) is 6.40. The van der Waals surface area contributed by atoms with E-state index >= 15 is 0 Å². The fourth-order valence-corrected chi connectivity index (χ4v) is 3.20. The number of carbonyl (C=O) groups excluding carboxylic acids is 1. The highest BCUT2D eigenvalue weighted by Crippen LogP contribution is 2.28. The van der Waals surface area contributed by atoms with Gasteiger partial charge in [-0.05, 0) is 49.2 Å². The molecule has 0 spiro atoms. The van der Waals surface area contributed by atoms with Gasteiger partial charge < -0.3 is 9.42 Å². The number of hydrogen-bond acceptors (Lipinski definition) is 5. The summed E-state index contributed by atoms with van der Waals surface area (Å²) in [5.74, 6) is -0.870. The lowest BCUT2D eigenvalue weighted by molar-refractivity contribution is 0.0690. The molecule has 2 aromatic heterocycles. The number of hydrogen-bond donors (Lipinski definition) is 0. The van der Waals surface area contributed by atoms with E-state index in [4.69, 9.17) is 4.52 Å². The molecule has 1 atom stereocenters. The topological polar surface area (TPSA) is 72.1 Å². The fourth-order valence-electron chi connectivity index (χ4n) is 3.20. The van der Waals surface area contributed by atoms with E-state index in [1.54, 1.807) is 17.0 Å². The number of nitrogens with zero attached hydrogens (tertiary/aromatic N) is 4. The number of pyridine rings is 1. The molecule has 3 aromatic rings.